The Labute approximate surface area is 166 Å². The number of benzene rings is 2. The number of aliphatic hydroxyl groups excluding tert-OH is 1. The van der Waals surface area contributed by atoms with Gasteiger partial charge >= 0.3 is 0 Å². The molecular weight excluding hydrogens is 361 g/mol. The van der Waals surface area contributed by atoms with Gasteiger partial charge in [0.25, 0.3) is 0 Å². The molecule has 144 valence electrons. The first-order chi connectivity index (χ1) is 15.2. The Hall–Kier alpha value is -3.19. The third-order valence-electron chi connectivity index (χ3n) is 4.73. The molecule has 1 aliphatic heterocycles. The van der Waals surface area contributed by atoms with E-state index in [9.17, 15) is 19.1 Å². The van der Waals surface area contributed by atoms with E-state index in [-0.39, 0.29) is 30.6 Å². The minimum Gasteiger partial charge on any atom is -0.389 e. The number of amides is 2. The van der Waals surface area contributed by atoms with Crippen LogP contribution >= 0.6 is 0 Å². The van der Waals surface area contributed by atoms with Gasteiger partial charge in [0.1, 0.15) is 18.0 Å². The quantitative estimate of drug-likeness (QED) is 0.540. The van der Waals surface area contributed by atoms with E-state index >= 15 is 0 Å². The number of hydrogen-bond donors (Lipinski definition) is 4. The van der Waals surface area contributed by atoms with Crippen molar-refractivity contribution in [1.29, 1.82) is 0 Å². The average Bonchev–Trinajstić information content (AvgIpc) is 3.29. The molecule has 2 amide bonds. The van der Waals surface area contributed by atoms with E-state index in [4.69, 9.17) is 5.48 Å². The zero-order valence-corrected chi connectivity index (χ0v) is 14.7. The second-order valence-corrected chi connectivity index (χ2v) is 6.57. The van der Waals surface area contributed by atoms with Crippen LogP contribution < -0.4 is 10.6 Å². The summed E-state index contributed by atoms with van der Waals surface area (Å²) in [5.41, 5.74) is 1.41. The minimum absolute atomic E-state index is 0.0599. The van der Waals surface area contributed by atoms with Crippen LogP contribution in [-0.2, 0) is 16.0 Å². The SMILES string of the molecule is [2H]c1c([2H])c(-c2[nH]c3ccccc3c2CCC(=O)N[C@H]2C(=O)NC[C@@H]2O)c([2H])c([2H])c1F. The largest absolute Gasteiger partial charge is 0.389 e. The maximum Gasteiger partial charge on any atom is 0.245 e. The number of carbonyl (C=O) groups excluding carboxylic acids is 2. The molecule has 2 atom stereocenters. The fourth-order valence-corrected chi connectivity index (χ4v) is 3.35. The number of aliphatic hydroxyl groups is 1. The second-order valence-electron chi connectivity index (χ2n) is 6.57. The van der Waals surface area contributed by atoms with Gasteiger partial charge in [-0.05, 0) is 47.8 Å². The molecule has 1 fully saturated rings. The molecule has 2 aromatic carbocycles. The van der Waals surface area contributed by atoms with Crippen molar-refractivity contribution in [3.05, 3.63) is 59.8 Å². The van der Waals surface area contributed by atoms with Crippen molar-refractivity contribution >= 4 is 22.7 Å². The van der Waals surface area contributed by atoms with Crippen LogP contribution in [0.4, 0.5) is 4.39 Å². The first-order valence-corrected chi connectivity index (χ1v) is 8.81. The van der Waals surface area contributed by atoms with Crippen LogP contribution in [-0.4, -0.2) is 40.6 Å². The Bertz CT molecular complexity index is 1220. The van der Waals surface area contributed by atoms with Gasteiger partial charge in [0.15, 0.2) is 0 Å². The number of nitrogens with one attached hydrogen (secondary N) is 3. The van der Waals surface area contributed by atoms with Crippen LogP contribution in [0.3, 0.4) is 0 Å². The number of halogens is 1. The average molecular weight is 385 g/mol. The normalized spacial score (nSPS) is 21.0. The van der Waals surface area contributed by atoms with Gasteiger partial charge in [0.2, 0.25) is 11.8 Å². The monoisotopic (exact) mass is 385 g/mol. The fourth-order valence-electron chi connectivity index (χ4n) is 3.35. The molecule has 3 aromatic rings. The zero-order chi connectivity index (χ0) is 23.2. The van der Waals surface area contributed by atoms with Gasteiger partial charge in [0.05, 0.1) is 5.48 Å². The van der Waals surface area contributed by atoms with Gasteiger partial charge in [-0.2, -0.15) is 0 Å². The first kappa shape index (κ1) is 13.9. The highest BCUT2D eigenvalue weighted by Gasteiger charge is 2.34. The Morgan fingerprint density at radius 1 is 1.29 bits per heavy atom. The predicted octanol–water partition coefficient (Wildman–Crippen LogP) is 1.88. The Kier molecular flexibility index (Phi) is 3.69. The summed E-state index contributed by atoms with van der Waals surface area (Å²) in [7, 11) is 0. The lowest BCUT2D eigenvalue weighted by Crippen LogP contribution is -2.45. The molecule has 4 rings (SSSR count). The summed E-state index contributed by atoms with van der Waals surface area (Å²) in [5, 5.41) is 15.5. The van der Waals surface area contributed by atoms with Gasteiger partial charge < -0.3 is 20.7 Å². The van der Waals surface area contributed by atoms with Gasteiger partial charge in [-0.25, -0.2) is 4.39 Å². The van der Waals surface area contributed by atoms with Crippen LogP contribution in [0.5, 0.6) is 0 Å². The van der Waals surface area contributed by atoms with E-state index in [1.165, 1.54) is 0 Å². The molecule has 0 spiro atoms. The summed E-state index contributed by atoms with van der Waals surface area (Å²) in [6.45, 7) is 0.0599. The van der Waals surface area contributed by atoms with E-state index in [0.29, 0.717) is 11.1 Å². The predicted molar refractivity (Wildman–Crippen MR) is 103 cm³/mol. The molecular formula is C21H20FN3O3. The van der Waals surface area contributed by atoms with Gasteiger partial charge in [-0.15, -0.1) is 0 Å². The minimum atomic E-state index is -1.23. The standard InChI is InChI=1S/C21H20FN3O3/c22-13-7-5-12(6-8-13)19-15(14-3-1-2-4-16(14)24-19)9-10-18(27)25-20-17(26)11-23-21(20)28/h1-8,17,20,24,26H,9-11H2,(H,23,28)(H,25,27)/t17-,20+/m0/s1/i5D,6D,7D,8D. The Balaban J connectivity index is 1.71. The van der Waals surface area contributed by atoms with Crippen LogP contribution in [0.15, 0.2) is 48.4 Å². The number of aromatic nitrogens is 1. The molecule has 2 heterocycles. The summed E-state index contributed by atoms with van der Waals surface area (Å²) in [6, 6.07) is 3.49. The molecule has 0 bridgehead atoms. The third kappa shape index (κ3) is 3.48. The van der Waals surface area contributed by atoms with E-state index < -0.39 is 53.9 Å². The van der Waals surface area contributed by atoms with Gasteiger partial charge in [-0.3, -0.25) is 9.59 Å². The molecule has 1 aromatic heterocycles. The highest BCUT2D eigenvalue weighted by Crippen LogP contribution is 2.31. The maximum absolute atomic E-state index is 14.0. The van der Waals surface area contributed by atoms with E-state index in [1.807, 2.05) is 0 Å². The van der Waals surface area contributed by atoms with E-state index in [1.54, 1.807) is 24.3 Å². The van der Waals surface area contributed by atoms with Crippen molar-refractivity contribution in [3.8, 4) is 11.3 Å². The number of fused-ring (bicyclic) bond motifs is 1. The number of para-hydroxylation sites is 1. The fraction of sp³-hybridized carbons (Fsp3) is 0.238. The lowest BCUT2D eigenvalue weighted by Gasteiger charge is -2.13. The molecule has 4 N–H and O–H groups in total. The molecule has 0 saturated carbocycles. The van der Waals surface area contributed by atoms with E-state index in [2.05, 4.69) is 15.6 Å². The lowest BCUT2D eigenvalue weighted by atomic mass is 10.0. The smallest absolute Gasteiger partial charge is 0.245 e. The Morgan fingerprint density at radius 2 is 2.04 bits per heavy atom. The van der Waals surface area contributed by atoms with Crippen molar-refractivity contribution in [2.75, 3.05) is 6.54 Å². The molecule has 28 heavy (non-hydrogen) atoms. The molecule has 6 nitrogen and oxygen atoms in total. The van der Waals surface area contributed by atoms with Crippen LogP contribution in [0.1, 0.15) is 17.5 Å². The lowest BCUT2D eigenvalue weighted by molar-refractivity contribution is -0.128. The van der Waals surface area contributed by atoms with Crippen molar-refractivity contribution in [2.45, 2.75) is 25.0 Å². The number of aryl methyl sites for hydroxylation is 1. The molecule has 7 heteroatoms. The summed E-state index contributed by atoms with van der Waals surface area (Å²) in [4.78, 5) is 27.3. The van der Waals surface area contributed by atoms with Crippen LogP contribution in [0.25, 0.3) is 22.2 Å². The highest BCUT2D eigenvalue weighted by atomic mass is 19.1. The summed E-state index contributed by atoms with van der Waals surface area (Å²) < 4.78 is 46.0. The third-order valence-corrected chi connectivity index (χ3v) is 4.73. The Morgan fingerprint density at radius 3 is 2.75 bits per heavy atom. The number of carbonyl (C=O) groups is 2. The second kappa shape index (κ2) is 7.44. The molecule has 0 radical (unpaired) electrons. The number of H-pyrrole nitrogens is 1. The number of rotatable bonds is 5. The first-order valence-electron chi connectivity index (χ1n) is 10.8. The zero-order valence-electron chi connectivity index (χ0n) is 18.7. The van der Waals surface area contributed by atoms with Gasteiger partial charge in [-0.1, -0.05) is 18.2 Å². The number of β-amino-alcohol motifs (C(OH)–C–C–N with tert-alkyl or cyclic N) is 1. The number of hydrogen-bond acceptors (Lipinski definition) is 3. The molecule has 0 aliphatic carbocycles. The summed E-state index contributed by atoms with van der Waals surface area (Å²) >= 11 is 0. The topological polar surface area (TPSA) is 94.2 Å². The highest BCUT2D eigenvalue weighted by molar-refractivity contribution is 5.92. The maximum atomic E-state index is 14.0. The van der Waals surface area contributed by atoms with Crippen molar-refractivity contribution in [2.24, 2.45) is 0 Å². The van der Waals surface area contributed by atoms with Crippen LogP contribution in [0, 0.1) is 5.82 Å². The molecule has 1 saturated heterocycles. The number of aromatic amines is 1. The van der Waals surface area contributed by atoms with Crippen LogP contribution in [0.2, 0.25) is 0 Å². The summed E-state index contributed by atoms with van der Waals surface area (Å²) in [6.07, 6.45) is -0.932. The van der Waals surface area contributed by atoms with Gasteiger partial charge in [0, 0.05) is 29.6 Å². The summed E-state index contributed by atoms with van der Waals surface area (Å²) in [5.74, 6) is -2.16. The van der Waals surface area contributed by atoms with Crippen molar-refractivity contribution in [3.63, 3.8) is 0 Å². The van der Waals surface area contributed by atoms with Crippen molar-refractivity contribution < 1.29 is 24.6 Å². The van der Waals surface area contributed by atoms with Crippen molar-refractivity contribution in [1.82, 2.24) is 15.6 Å². The molecule has 0 unspecified atom stereocenters. The van der Waals surface area contributed by atoms with E-state index in [0.717, 1.165) is 5.39 Å². The molecule has 1 aliphatic rings.